The minimum Gasteiger partial charge on any atom is -0.462 e. The van der Waals surface area contributed by atoms with Gasteiger partial charge in [-0.15, -0.1) is 0 Å². The maximum absolute atomic E-state index is 11.7. The summed E-state index contributed by atoms with van der Waals surface area (Å²) in [6, 6.07) is 0. The van der Waals surface area contributed by atoms with Crippen molar-refractivity contribution < 1.29 is 9.53 Å². The van der Waals surface area contributed by atoms with Crippen molar-refractivity contribution in [3.05, 3.63) is 23.0 Å². The van der Waals surface area contributed by atoms with E-state index in [2.05, 4.69) is 11.9 Å². The first-order chi connectivity index (χ1) is 7.20. The van der Waals surface area contributed by atoms with Gasteiger partial charge in [0.25, 0.3) is 0 Å². The van der Waals surface area contributed by atoms with Crippen LogP contribution in [0.25, 0.3) is 0 Å². The Bertz CT molecular complexity index is 328. The molecule has 0 saturated heterocycles. The summed E-state index contributed by atoms with van der Waals surface area (Å²) in [6.45, 7) is 6.32. The lowest BCUT2D eigenvalue weighted by atomic mass is 10.1. The van der Waals surface area contributed by atoms with Gasteiger partial charge >= 0.3 is 5.97 Å². The van der Waals surface area contributed by atoms with Crippen LogP contribution < -0.4 is 0 Å². The van der Waals surface area contributed by atoms with Gasteiger partial charge in [0.2, 0.25) is 0 Å². The topological polar surface area (TPSA) is 42.1 Å². The number of carbonyl (C=O) groups excluding carboxylic acids is 1. The third-order valence-electron chi connectivity index (χ3n) is 2.42. The molecule has 15 heavy (non-hydrogen) atoms. The summed E-state index contributed by atoms with van der Waals surface area (Å²) in [7, 11) is 0. The highest BCUT2D eigenvalue weighted by Gasteiger charge is 2.16. The summed E-state index contributed by atoms with van der Waals surface area (Å²) in [5.74, 6) is -0.206. The molecule has 0 spiro atoms. The van der Waals surface area contributed by atoms with Gasteiger partial charge in [-0.1, -0.05) is 13.3 Å². The van der Waals surface area contributed by atoms with Gasteiger partial charge in [-0.25, -0.2) is 4.79 Å². The van der Waals surface area contributed by atoms with Crippen LogP contribution in [0.3, 0.4) is 0 Å². The molecule has 1 heterocycles. The number of ether oxygens (including phenoxy) is 1. The van der Waals surface area contributed by atoms with Crippen molar-refractivity contribution in [3.63, 3.8) is 0 Å². The Morgan fingerprint density at radius 3 is 2.80 bits per heavy atom. The third-order valence-corrected chi connectivity index (χ3v) is 2.42. The molecule has 0 aliphatic carbocycles. The molecule has 0 fully saturated rings. The summed E-state index contributed by atoms with van der Waals surface area (Å²) in [4.78, 5) is 14.8. The highest BCUT2D eigenvalue weighted by atomic mass is 16.5. The largest absolute Gasteiger partial charge is 0.462 e. The van der Waals surface area contributed by atoms with E-state index >= 15 is 0 Å². The smallest absolute Gasteiger partial charge is 0.340 e. The number of carbonyl (C=O) groups is 1. The lowest BCUT2D eigenvalue weighted by Gasteiger charge is -2.04. The fourth-order valence-electron chi connectivity index (χ4n) is 1.62. The zero-order valence-corrected chi connectivity index (χ0v) is 9.72. The summed E-state index contributed by atoms with van der Waals surface area (Å²) in [5, 5.41) is 0. The number of esters is 1. The van der Waals surface area contributed by atoms with Crippen molar-refractivity contribution in [3.8, 4) is 0 Å². The second-order valence-electron chi connectivity index (χ2n) is 3.65. The molecular weight excluding hydrogens is 190 g/mol. The number of aromatic amines is 1. The van der Waals surface area contributed by atoms with E-state index in [0.717, 1.165) is 36.1 Å². The van der Waals surface area contributed by atoms with Crippen molar-refractivity contribution >= 4 is 5.97 Å². The number of aromatic nitrogens is 1. The molecule has 0 atom stereocenters. The molecule has 84 valence electrons. The van der Waals surface area contributed by atoms with E-state index in [4.69, 9.17) is 4.74 Å². The number of nitrogens with one attached hydrogen (secondary N) is 1. The molecule has 1 aromatic rings. The molecule has 1 aromatic heterocycles. The maximum atomic E-state index is 11.7. The van der Waals surface area contributed by atoms with Crippen LogP contribution in [0.5, 0.6) is 0 Å². The van der Waals surface area contributed by atoms with E-state index in [1.54, 1.807) is 0 Å². The summed E-state index contributed by atoms with van der Waals surface area (Å²) < 4.78 is 5.03. The molecule has 3 heteroatoms. The first-order valence-corrected chi connectivity index (χ1v) is 5.54. The molecular formula is C12H19NO2. The van der Waals surface area contributed by atoms with Gasteiger partial charge in [-0.05, 0) is 32.3 Å². The standard InChI is InChI=1S/C12H19NO2/c1-4-6-7-10-11(9(3)8-13-10)12(14)15-5-2/h8,13H,4-7H2,1-3H3. The molecule has 0 bridgehead atoms. The van der Waals surface area contributed by atoms with Crippen molar-refractivity contribution in [1.29, 1.82) is 0 Å². The van der Waals surface area contributed by atoms with Gasteiger partial charge in [0.1, 0.15) is 0 Å². The molecule has 0 aliphatic heterocycles. The lowest BCUT2D eigenvalue weighted by Crippen LogP contribution is -2.08. The highest BCUT2D eigenvalue weighted by Crippen LogP contribution is 2.16. The fraction of sp³-hybridized carbons (Fsp3) is 0.583. The molecule has 0 radical (unpaired) electrons. The Morgan fingerprint density at radius 2 is 2.20 bits per heavy atom. The average molecular weight is 209 g/mol. The normalized spacial score (nSPS) is 10.3. The van der Waals surface area contributed by atoms with Crippen molar-refractivity contribution in [2.45, 2.75) is 40.0 Å². The molecule has 0 saturated carbocycles. The van der Waals surface area contributed by atoms with E-state index in [0.29, 0.717) is 6.61 Å². The fourth-order valence-corrected chi connectivity index (χ4v) is 1.62. The Labute approximate surface area is 90.8 Å². The average Bonchev–Trinajstić information content (AvgIpc) is 2.57. The number of unbranched alkanes of at least 4 members (excludes halogenated alkanes) is 1. The second kappa shape index (κ2) is 5.59. The zero-order chi connectivity index (χ0) is 11.3. The minimum atomic E-state index is -0.206. The number of hydrogen-bond donors (Lipinski definition) is 1. The molecule has 0 amide bonds. The van der Waals surface area contributed by atoms with Crippen molar-refractivity contribution in [2.75, 3.05) is 6.61 Å². The van der Waals surface area contributed by atoms with Crippen LogP contribution >= 0.6 is 0 Å². The van der Waals surface area contributed by atoms with Crippen molar-refractivity contribution in [1.82, 2.24) is 4.98 Å². The quantitative estimate of drug-likeness (QED) is 0.758. The Morgan fingerprint density at radius 1 is 1.47 bits per heavy atom. The van der Waals surface area contributed by atoms with Gasteiger partial charge in [0.05, 0.1) is 12.2 Å². The zero-order valence-electron chi connectivity index (χ0n) is 9.72. The third kappa shape index (κ3) is 2.85. The number of H-pyrrole nitrogens is 1. The molecule has 0 aliphatic rings. The van der Waals surface area contributed by atoms with Crippen LogP contribution in [0.2, 0.25) is 0 Å². The van der Waals surface area contributed by atoms with Crippen LogP contribution in [-0.4, -0.2) is 17.6 Å². The van der Waals surface area contributed by atoms with Crippen molar-refractivity contribution in [2.24, 2.45) is 0 Å². The van der Waals surface area contributed by atoms with E-state index in [1.807, 2.05) is 20.0 Å². The van der Waals surface area contributed by atoms with E-state index in [-0.39, 0.29) is 5.97 Å². The van der Waals surface area contributed by atoms with Crippen LogP contribution in [-0.2, 0) is 11.2 Å². The van der Waals surface area contributed by atoms with Crippen LogP contribution in [0.4, 0.5) is 0 Å². The molecule has 0 unspecified atom stereocenters. The van der Waals surface area contributed by atoms with E-state index < -0.39 is 0 Å². The number of rotatable bonds is 5. The summed E-state index contributed by atoms with van der Waals surface area (Å²) >= 11 is 0. The van der Waals surface area contributed by atoms with Crippen LogP contribution in [0.1, 0.15) is 48.3 Å². The summed E-state index contributed by atoms with van der Waals surface area (Å²) in [6.07, 6.45) is 5.00. The molecule has 0 aromatic carbocycles. The second-order valence-corrected chi connectivity index (χ2v) is 3.65. The minimum absolute atomic E-state index is 0.206. The van der Waals surface area contributed by atoms with Gasteiger partial charge < -0.3 is 9.72 Å². The van der Waals surface area contributed by atoms with Gasteiger partial charge in [-0.3, -0.25) is 0 Å². The predicted molar refractivity (Wildman–Crippen MR) is 60.1 cm³/mol. The van der Waals surface area contributed by atoms with E-state index in [9.17, 15) is 4.79 Å². The predicted octanol–water partition coefficient (Wildman–Crippen LogP) is 2.84. The Kier molecular flexibility index (Phi) is 4.40. The lowest BCUT2D eigenvalue weighted by molar-refractivity contribution is 0.0524. The first-order valence-electron chi connectivity index (χ1n) is 5.54. The van der Waals surface area contributed by atoms with Gasteiger partial charge in [0, 0.05) is 11.9 Å². The maximum Gasteiger partial charge on any atom is 0.340 e. The highest BCUT2D eigenvalue weighted by molar-refractivity contribution is 5.92. The molecule has 1 rings (SSSR count). The van der Waals surface area contributed by atoms with Gasteiger partial charge in [0.15, 0.2) is 0 Å². The Hall–Kier alpha value is -1.25. The van der Waals surface area contributed by atoms with Crippen LogP contribution in [0.15, 0.2) is 6.20 Å². The van der Waals surface area contributed by atoms with Crippen LogP contribution in [0, 0.1) is 6.92 Å². The molecule has 3 nitrogen and oxygen atoms in total. The Balaban J connectivity index is 2.83. The number of aryl methyl sites for hydroxylation is 2. The van der Waals surface area contributed by atoms with Gasteiger partial charge in [-0.2, -0.15) is 0 Å². The first kappa shape index (κ1) is 11.8. The summed E-state index contributed by atoms with van der Waals surface area (Å²) in [5.41, 5.74) is 2.71. The monoisotopic (exact) mass is 209 g/mol. The number of hydrogen-bond acceptors (Lipinski definition) is 2. The molecule has 1 N–H and O–H groups in total. The SMILES string of the molecule is CCCCc1[nH]cc(C)c1C(=O)OCC. The van der Waals surface area contributed by atoms with E-state index in [1.165, 1.54) is 0 Å².